The fraction of sp³-hybridized carbons (Fsp3) is 0.600. The van der Waals surface area contributed by atoms with Crippen LogP contribution in [0.4, 0.5) is 4.39 Å². The molecule has 0 saturated carbocycles. The van der Waals surface area contributed by atoms with Gasteiger partial charge in [0.25, 0.3) is 0 Å². The summed E-state index contributed by atoms with van der Waals surface area (Å²) in [6, 6.07) is 4.00. The van der Waals surface area contributed by atoms with Gasteiger partial charge in [-0.25, -0.2) is 12.8 Å². The topological polar surface area (TPSA) is 63.6 Å². The van der Waals surface area contributed by atoms with Gasteiger partial charge in [-0.15, -0.1) is 0 Å². The molecular weight excluding hydrogens is 295 g/mol. The molecular formula is C15H19FO4S. The van der Waals surface area contributed by atoms with Gasteiger partial charge in [0.1, 0.15) is 11.6 Å². The van der Waals surface area contributed by atoms with Crippen LogP contribution in [-0.2, 0) is 15.4 Å². The van der Waals surface area contributed by atoms with Gasteiger partial charge in [-0.05, 0) is 37.8 Å². The minimum Gasteiger partial charge on any atom is -0.496 e. The van der Waals surface area contributed by atoms with Gasteiger partial charge in [0.2, 0.25) is 0 Å². The molecule has 3 rings (SSSR count). The van der Waals surface area contributed by atoms with Crippen LogP contribution in [0.2, 0.25) is 0 Å². The van der Waals surface area contributed by atoms with E-state index in [1.54, 1.807) is 0 Å². The van der Waals surface area contributed by atoms with Crippen molar-refractivity contribution in [1.29, 1.82) is 0 Å². The Kier molecular flexibility index (Phi) is 3.48. The summed E-state index contributed by atoms with van der Waals surface area (Å²) >= 11 is 0. The lowest BCUT2D eigenvalue weighted by Crippen LogP contribution is -2.50. The zero-order chi connectivity index (χ0) is 15.3. The quantitative estimate of drug-likeness (QED) is 0.908. The summed E-state index contributed by atoms with van der Waals surface area (Å²) in [6.07, 6.45) is 2.38. The lowest BCUT2D eigenvalue weighted by Gasteiger charge is -2.44. The van der Waals surface area contributed by atoms with Gasteiger partial charge in [0.15, 0.2) is 9.84 Å². The van der Waals surface area contributed by atoms with Crippen LogP contribution >= 0.6 is 0 Å². The maximum atomic E-state index is 13.3. The van der Waals surface area contributed by atoms with E-state index < -0.39 is 31.8 Å². The molecule has 2 heterocycles. The normalized spacial score (nSPS) is 34.4. The van der Waals surface area contributed by atoms with Gasteiger partial charge in [0.05, 0.1) is 23.2 Å². The summed E-state index contributed by atoms with van der Waals surface area (Å²) in [5.74, 6) is -0.169. The van der Waals surface area contributed by atoms with Crippen molar-refractivity contribution in [2.45, 2.75) is 48.2 Å². The van der Waals surface area contributed by atoms with Crippen molar-refractivity contribution in [3.8, 4) is 5.75 Å². The van der Waals surface area contributed by atoms with Crippen molar-refractivity contribution < 1.29 is 22.7 Å². The Bertz CT molecular complexity index is 636. The first-order chi connectivity index (χ1) is 9.87. The number of aliphatic hydroxyl groups is 1. The van der Waals surface area contributed by atoms with Crippen LogP contribution in [0, 0.1) is 5.82 Å². The van der Waals surface area contributed by atoms with Gasteiger partial charge >= 0.3 is 0 Å². The number of rotatable bonds is 2. The second kappa shape index (κ2) is 4.95. The van der Waals surface area contributed by atoms with E-state index in [9.17, 15) is 17.9 Å². The summed E-state index contributed by atoms with van der Waals surface area (Å²) in [6.45, 7) is 0. The molecule has 4 nitrogen and oxygen atoms in total. The molecule has 2 saturated heterocycles. The Morgan fingerprint density at radius 3 is 2.48 bits per heavy atom. The average Bonchev–Trinajstić information content (AvgIpc) is 2.40. The molecule has 0 aliphatic carbocycles. The highest BCUT2D eigenvalue weighted by atomic mass is 32.2. The molecule has 0 aromatic heterocycles. The molecule has 0 amide bonds. The molecule has 2 aliphatic rings. The predicted octanol–water partition coefficient (Wildman–Crippen LogP) is 2.15. The van der Waals surface area contributed by atoms with Crippen LogP contribution in [0.15, 0.2) is 18.2 Å². The summed E-state index contributed by atoms with van der Waals surface area (Å²) in [5, 5.41) is 10.00. The molecule has 2 bridgehead atoms. The molecule has 116 valence electrons. The minimum atomic E-state index is -3.15. The molecule has 0 spiro atoms. The second-order valence-corrected chi connectivity index (χ2v) is 8.56. The van der Waals surface area contributed by atoms with E-state index in [0.717, 1.165) is 6.42 Å². The van der Waals surface area contributed by atoms with Crippen LogP contribution in [-0.4, -0.2) is 31.1 Å². The van der Waals surface area contributed by atoms with E-state index in [-0.39, 0.29) is 18.6 Å². The van der Waals surface area contributed by atoms with Crippen LogP contribution in [0.1, 0.15) is 37.7 Å². The molecule has 21 heavy (non-hydrogen) atoms. The maximum absolute atomic E-state index is 13.3. The first kappa shape index (κ1) is 14.8. The van der Waals surface area contributed by atoms with E-state index in [0.29, 0.717) is 18.4 Å². The van der Waals surface area contributed by atoms with E-state index in [4.69, 9.17) is 4.74 Å². The zero-order valence-electron chi connectivity index (χ0n) is 11.9. The van der Waals surface area contributed by atoms with E-state index in [1.807, 2.05) is 0 Å². The van der Waals surface area contributed by atoms with Gasteiger partial charge in [-0.3, -0.25) is 0 Å². The molecule has 2 aliphatic heterocycles. The number of fused-ring (bicyclic) bond motifs is 2. The van der Waals surface area contributed by atoms with Crippen molar-refractivity contribution in [3.05, 3.63) is 29.6 Å². The van der Waals surface area contributed by atoms with Crippen molar-refractivity contribution in [2.24, 2.45) is 0 Å². The predicted molar refractivity (Wildman–Crippen MR) is 76.4 cm³/mol. The summed E-state index contributed by atoms with van der Waals surface area (Å²) in [4.78, 5) is 0. The molecule has 2 atom stereocenters. The van der Waals surface area contributed by atoms with Crippen molar-refractivity contribution >= 4 is 9.84 Å². The highest BCUT2D eigenvalue weighted by Gasteiger charge is 2.51. The fourth-order valence-corrected chi connectivity index (χ4v) is 6.27. The van der Waals surface area contributed by atoms with E-state index >= 15 is 0 Å². The monoisotopic (exact) mass is 314 g/mol. The smallest absolute Gasteiger partial charge is 0.156 e. The number of hydrogen-bond acceptors (Lipinski definition) is 4. The first-order valence-electron chi connectivity index (χ1n) is 7.16. The van der Waals surface area contributed by atoms with E-state index in [1.165, 1.54) is 25.3 Å². The van der Waals surface area contributed by atoms with Gasteiger partial charge in [-0.2, -0.15) is 0 Å². The van der Waals surface area contributed by atoms with Gasteiger partial charge < -0.3 is 9.84 Å². The Labute approximate surface area is 123 Å². The molecule has 2 fully saturated rings. The van der Waals surface area contributed by atoms with Crippen LogP contribution in [0.5, 0.6) is 5.75 Å². The molecule has 1 aromatic rings. The third-order valence-electron chi connectivity index (χ3n) is 4.78. The number of halogens is 1. The fourth-order valence-electron chi connectivity index (χ4n) is 3.72. The minimum absolute atomic E-state index is 0.161. The maximum Gasteiger partial charge on any atom is 0.156 e. The highest BCUT2D eigenvalue weighted by Crippen LogP contribution is 2.48. The first-order valence-corrected chi connectivity index (χ1v) is 8.77. The molecule has 2 unspecified atom stereocenters. The Morgan fingerprint density at radius 1 is 1.29 bits per heavy atom. The number of ether oxygens (including phenoxy) is 1. The Morgan fingerprint density at radius 2 is 1.90 bits per heavy atom. The standard InChI is InChI=1S/C15H19FO4S/c1-20-14-7-10(16)5-6-13(14)15(17)8-11-3-2-4-12(9-15)21(11,18)19/h5-7,11-12,17H,2-4,8-9H2,1H3. The average molecular weight is 314 g/mol. The van der Waals surface area contributed by atoms with Crippen molar-refractivity contribution in [1.82, 2.24) is 0 Å². The van der Waals surface area contributed by atoms with Crippen LogP contribution < -0.4 is 4.74 Å². The second-order valence-electron chi connectivity index (χ2n) is 6.05. The third kappa shape index (κ3) is 2.34. The van der Waals surface area contributed by atoms with Crippen molar-refractivity contribution in [2.75, 3.05) is 7.11 Å². The molecule has 0 radical (unpaired) electrons. The lowest BCUT2D eigenvalue weighted by molar-refractivity contribution is 0.00295. The lowest BCUT2D eigenvalue weighted by atomic mass is 9.80. The van der Waals surface area contributed by atoms with Gasteiger partial charge in [0, 0.05) is 11.6 Å². The Balaban J connectivity index is 2.03. The van der Waals surface area contributed by atoms with Crippen LogP contribution in [0.3, 0.4) is 0 Å². The summed E-state index contributed by atoms with van der Waals surface area (Å²) in [5.41, 5.74) is -0.779. The summed E-state index contributed by atoms with van der Waals surface area (Å²) in [7, 11) is -1.73. The molecule has 6 heteroatoms. The zero-order valence-corrected chi connectivity index (χ0v) is 12.7. The van der Waals surface area contributed by atoms with Gasteiger partial charge in [-0.1, -0.05) is 6.42 Å². The van der Waals surface area contributed by atoms with Crippen molar-refractivity contribution in [3.63, 3.8) is 0 Å². The Hall–Kier alpha value is -1.14. The molecule has 1 N–H and O–H groups in total. The summed E-state index contributed by atoms with van der Waals surface area (Å²) < 4.78 is 43.1. The SMILES string of the molecule is COc1cc(F)ccc1C1(O)CC2CCCC(C1)S2(=O)=O. The largest absolute Gasteiger partial charge is 0.496 e. The number of sulfone groups is 1. The number of benzene rings is 1. The number of methoxy groups -OCH3 is 1. The van der Waals surface area contributed by atoms with E-state index in [2.05, 4.69) is 0 Å². The third-order valence-corrected chi connectivity index (χ3v) is 7.44. The number of hydrogen-bond donors (Lipinski definition) is 1. The molecule has 1 aromatic carbocycles. The highest BCUT2D eigenvalue weighted by molar-refractivity contribution is 7.92. The van der Waals surface area contributed by atoms with Crippen LogP contribution in [0.25, 0.3) is 0 Å².